The molecule has 28 heavy (non-hydrogen) atoms. The maximum Gasteiger partial charge on any atom is 0.231 e. The molecule has 1 amide bonds. The summed E-state index contributed by atoms with van der Waals surface area (Å²) in [5.41, 5.74) is 1.55. The third kappa shape index (κ3) is 4.17. The highest BCUT2D eigenvalue weighted by Crippen LogP contribution is 2.27. The number of carbonyl (C=O) groups is 1. The van der Waals surface area contributed by atoms with Crippen LogP contribution >= 0.6 is 46.3 Å². The minimum Gasteiger partial charge on any atom is -0.344 e. The van der Waals surface area contributed by atoms with Crippen LogP contribution in [0.25, 0.3) is 5.65 Å². The first-order valence-corrected chi connectivity index (χ1v) is 10.9. The van der Waals surface area contributed by atoms with E-state index in [2.05, 4.69) is 15.5 Å². The number of carbonyl (C=O) groups excluding carboxylic acids is 1. The monoisotopic (exact) mass is 448 g/mol. The number of amides is 1. The molecule has 142 valence electrons. The van der Waals surface area contributed by atoms with Crippen molar-refractivity contribution in [1.29, 1.82) is 0 Å². The van der Waals surface area contributed by atoms with Crippen LogP contribution in [0, 0.1) is 0 Å². The summed E-state index contributed by atoms with van der Waals surface area (Å²) in [6, 6.07) is 15.3. The van der Waals surface area contributed by atoms with Gasteiger partial charge >= 0.3 is 0 Å². The molecule has 0 aliphatic rings. The number of nitrogens with zero attached hydrogens (tertiary/aromatic N) is 3. The quantitative estimate of drug-likeness (QED) is 0.417. The summed E-state index contributed by atoms with van der Waals surface area (Å²) < 4.78 is 1.69. The number of rotatable bonds is 6. The molecular formula is C19H14Cl2N4OS2. The topological polar surface area (TPSA) is 59.3 Å². The molecule has 0 saturated carbocycles. The molecule has 1 N–H and O–H groups in total. The lowest BCUT2D eigenvalue weighted by molar-refractivity contribution is -0.119. The SMILES string of the molecule is O=C(CSc1nnc2c(Cl)cc(Cl)cn12)NC(c1ccccc1)c1cccs1. The van der Waals surface area contributed by atoms with Crippen LogP contribution in [0.2, 0.25) is 10.0 Å². The smallest absolute Gasteiger partial charge is 0.231 e. The maximum atomic E-state index is 12.7. The molecule has 4 aromatic rings. The number of thioether (sulfide) groups is 1. The van der Waals surface area contributed by atoms with Crippen LogP contribution in [0.3, 0.4) is 0 Å². The first-order chi connectivity index (χ1) is 13.6. The summed E-state index contributed by atoms with van der Waals surface area (Å²) in [4.78, 5) is 13.7. The summed E-state index contributed by atoms with van der Waals surface area (Å²) >= 11 is 15.1. The molecule has 0 saturated heterocycles. The highest BCUT2D eigenvalue weighted by atomic mass is 35.5. The second-order valence-corrected chi connectivity index (χ2v) is 8.66. The summed E-state index contributed by atoms with van der Waals surface area (Å²) in [5.74, 6) is 0.0942. The van der Waals surface area contributed by atoms with Crippen molar-refractivity contribution in [2.45, 2.75) is 11.2 Å². The van der Waals surface area contributed by atoms with Crippen molar-refractivity contribution in [3.63, 3.8) is 0 Å². The van der Waals surface area contributed by atoms with Crippen molar-refractivity contribution in [3.8, 4) is 0 Å². The zero-order valence-corrected chi connectivity index (χ0v) is 17.5. The van der Waals surface area contributed by atoms with Gasteiger partial charge in [-0.25, -0.2) is 0 Å². The predicted octanol–water partition coefficient (Wildman–Crippen LogP) is 5.10. The van der Waals surface area contributed by atoms with Crippen LogP contribution in [0.1, 0.15) is 16.5 Å². The summed E-state index contributed by atoms with van der Waals surface area (Å²) in [7, 11) is 0. The lowest BCUT2D eigenvalue weighted by atomic mass is 10.1. The van der Waals surface area contributed by atoms with Crippen LogP contribution < -0.4 is 5.32 Å². The number of thiophene rings is 1. The van der Waals surface area contributed by atoms with Crippen molar-refractivity contribution in [3.05, 3.63) is 80.6 Å². The highest BCUT2D eigenvalue weighted by Gasteiger charge is 2.19. The Hall–Kier alpha value is -2.06. The van der Waals surface area contributed by atoms with Gasteiger partial charge in [-0.1, -0.05) is 71.4 Å². The van der Waals surface area contributed by atoms with Crippen LogP contribution in [-0.2, 0) is 4.79 Å². The van der Waals surface area contributed by atoms with E-state index in [-0.39, 0.29) is 17.7 Å². The van der Waals surface area contributed by atoms with Crippen molar-refractivity contribution in [2.75, 3.05) is 5.75 Å². The lowest BCUT2D eigenvalue weighted by Crippen LogP contribution is -2.30. The van der Waals surface area contributed by atoms with Crippen molar-refractivity contribution >= 4 is 57.9 Å². The van der Waals surface area contributed by atoms with Crippen LogP contribution in [0.4, 0.5) is 0 Å². The van der Waals surface area contributed by atoms with Gasteiger partial charge in [0, 0.05) is 11.1 Å². The predicted molar refractivity (Wildman–Crippen MR) is 114 cm³/mol. The average Bonchev–Trinajstić information content (AvgIpc) is 3.35. The van der Waals surface area contributed by atoms with E-state index < -0.39 is 0 Å². The first kappa shape index (κ1) is 19.3. The molecule has 0 fully saturated rings. The Morgan fingerprint density at radius 2 is 2.00 bits per heavy atom. The number of benzene rings is 1. The minimum absolute atomic E-state index is 0.0999. The van der Waals surface area contributed by atoms with Gasteiger partial charge in [-0.3, -0.25) is 9.20 Å². The molecule has 3 aromatic heterocycles. The number of fused-ring (bicyclic) bond motifs is 1. The molecule has 9 heteroatoms. The number of hydrogen-bond acceptors (Lipinski definition) is 5. The fraction of sp³-hybridized carbons (Fsp3) is 0.105. The van der Waals surface area contributed by atoms with E-state index in [1.165, 1.54) is 11.8 Å². The van der Waals surface area contributed by atoms with E-state index in [0.29, 0.717) is 20.8 Å². The Bertz CT molecular complexity index is 1100. The van der Waals surface area contributed by atoms with Gasteiger partial charge in [0.1, 0.15) is 0 Å². The molecule has 1 atom stereocenters. The van der Waals surface area contributed by atoms with Gasteiger partial charge in [0.2, 0.25) is 5.91 Å². The maximum absolute atomic E-state index is 12.7. The largest absolute Gasteiger partial charge is 0.344 e. The normalized spacial score (nSPS) is 12.2. The van der Waals surface area contributed by atoms with E-state index in [0.717, 1.165) is 10.4 Å². The van der Waals surface area contributed by atoms with Gasteiger partial charge in [-0.2, -0.15) is 0 Å². The Balaban J connectivity index is 1.49. The number of nitrogens with one attached hydrogen (secondary N) is 1. The summed E-state index contributed by atoms with van der Waals surface area (Å²) in [5, 5.41) is 14.7. The van der Waals surface area contributed by atoms with E-state index in [1.54, 1.807) is 28.0 Å². The third-order valence-corrected chi connectivity index (χ3v) is 6.36. The Morgan fingerprint density at radius 1 is 1.18 bits per heavy atom. The molecule has 0 spiro atoms. The zero-order valence-electron chi connectivity index (χ0n) is 14.4. The number of hydrogen-bond donors (Lipinski definition) is 1. The van der Waals surface area contributed by atoms with Crippen molar-refractivity contribution in [1.82, 2.24) is 19.9 Å². The standard InChI is InChI=1S/C19H14Cl2N4OS2/c20-13-9-14(21)18-23-24-19(25(18)10-13)28-11-16(26)22-17(15-7-4-8-27-15)12-5-2-1-3-6-12/h1-10,17H,11H2,(H,22,26). The number of aromatic nitrogens is 3. The van der Waals surface area contributed by atoms with Gasteiger partial charge in [-0.15, -0.1) is 21.5 Å². The molecule has 3 heterocycles. The molecule has 5 nitrogen and oxygen atoms in total. The van der Waals surface area contributed by atoms with Gasteiger partial charge < -0.3 is 5.32 Å². The second kappa shape index (κ2) is 8.53. The van der Waals surface area contributed by atoms with E-state index in [1.807, 2.05) is 47.8 Å². The van der Waals surface area contributed by atoms with Crippen LogP contribution in [0.15, 0.2) is 65.3 Å². The Kier molecular flexibility index (Phi) is 5.87. The third-order valence-electron chi connectivity index (χ3n) is 3.99. The molecule has 1 aromatic carbocycles. The molecule has 0 aliphatic carbocycles. The average molecular weight is 449 g/mol. The zero-order chi connectivity index (χ0) is 19.5. The van der Waals surface area contributed by atoms with E-state index in [9.17, 15) is 4.79 Å². The van der Waals surface area contributed by atoms with Gasteiger partial charge in [0.15, 0.2) is 10.8 Å². The minimum atomic E-state index is -0.187. The van der Waals surface area contributed by atoms with Gasteiger partial charge in [-0.05, 0) is 23.1 Å². The highest BCUT2D eigenvalue weighted by molar-refractivity contribution is 7.99. The lowest BCUT2D eigenvalue weighted by Gasteiger charge is -2.18. The van der Waals surface area contributed by atoms with Crippen LogP contribution in [-0.4, -0.2) is 26.3 Å². The molecule has 4 rings (SSSR count). The van der Waals surface area contributed by atoms with Gasteiger partial charge in [0.25, 0.3) is 0 Å². The molecule has 0 bridgehead atoms. The number of pyridine rings is 1. The summed E-state index contributed by atoms with van der Waals surface area (Å²) in [6.07, 6.45) is 1.68. The number of halogens is 2. The fourth-order valence-corrected chi connectivity index (χ4v) is 4.79. The van der Waals surface area contributed by atoms with Crippen molar-refractivity contribution in [2.24, 2.45) is 0 Å². The molecular weight excluding hydrogens is 435 g/mol. The fourth-order valence-electron chi connectivity index (χ4n) is 2.75. The Labute approximate surface area is 179 Å². The first-order valence-electron chi connectivity index (χ1n) is 8.32. The van der Waals surface area contributed by atoms with Gasteiger partial charge in [0.05, 0.1) is 21.8 Å². The molecule has 1 unspecified atom stereocenters. The van der Waals surface area contributed by atoms with Crippen molar-refractivity contribution < 1.29 is 4.79 Å². The van der Waals surface area contributed by atoms with E-state index >= 15 is 0 Å². The summed E-state index contributed by atoms with van der Waals surface area (Å²) in [6.45, 7) is 0. The Morgan fingerprint density at radius 3 is 2.75 bits per heavy atom. The molecule has 0 radical (unpaired) electrons. The van der Waals surface area contributed by atoms with E-state index in [4.69, 9.17) is 23.2 Å². The van der Waals surface area contributed by atoms with Crippen LogP contribution in [0.5, 0.6) is 0 Å². The molecule has 0 aliphatic heterocycles. The second-order valence-electron chi connectivity index (χ2n) is 5.90.